The highest BCUT2D eigenvalue weighted by Gasteiger charge is 2.47. The summed E-state index contributed by atoms with van der Waals surface area (Å²) in [6.07, 6.45) is 0. The second-order valence-corrected chi connectivity index (χ2v) is 7.37. The minimum absolute atomic E-state index is 0. The van der Waals surface area contributed by atoms with Crippen LogP contribution in [0.2, 0.25) is 0 Å². The molecule has 0 bridgehead atoms. The van der Waals surface area contributed by atoms with Crippen molar-refractivity contribution in [3.63, 3.8) is 0 Å². The molecule has 0 aliphatic carbocycles. The van der Waals surface area contributed by atoms with Crippen LogP contribution in [0.1, 0.15) is 27.5 Å². The Morgan fingerprint density at radius 1 is 1.11 bits per heavy atom. The molecular formula is C20H22ClN5O. The summed E-state index contributed by atoms with van der Waals surface area (Å²) in [7, 11) is 0. The highest BCUT2D eigenvalue weighted by Crippen LogP contribution is 2.44. The number of benzene rings is 2. The number of halogens is 1. The molecule has 3 atom stereocenters. The minimum atomic E-state index is 0. The molecule has 0 saturated carbocycles. The zero-order valence-corrected chi connectivity index (χ0v) is 15.9. The Morgan fingerprint density at radius 3 is 2.78 bits per heavy atom. The summed E-state index contributed by atoms with van der Waals surface area (Å²) in [4.78, 5) is 15.5. The monoisotopic (exact) mass is 383 g/mol. The summed E-state index contributed by atoms with van der Waals surface area (Å²) in [6, 6.07) is 14.1. The standard InChI is InChI=1S/C20H21N5O.ClH/c1-12-4-2-3-5-15(12)19-16-10-21-9-14(16)11-25(19)20(26)13-6-7-17-18(8-13)23-24-22-17;/h2-8,14,16,19,21H,9-11H2,1H3,(H,22,23,24);1H/t14-,16-,19+;/m0./s1. The number of nitrogens with one attached hydrogen (secondary N) is 2. The SMILES string of the molecule is Cc1ccccc1[C@@H]1[C@H]2CNC[C@H]2CN1C(=O)c1ccc2n[nH]nc2c1.Cl. The predicted molar refractivity (Wildman–Crippen MR) is 106 cm³/mol. The van der Waals surface area contributed by atoms with Crippen molar-refractivity contribution in [2.75, 3.05) is 19.6 Å². The summed E-state index contributed by atoms with van der Waals surface area (Å²) >= 11 is 0. The van der Waals surface area contributed by atoms with Crippen LogP contribution in [0, 0.1) is 18.8 Å². The maximum absolute atomic E-state index is 13.4. The summed E-state index contributed by atoms with van der Waals surface area (Å²) in [5.74, 6) is 1.06. The first-order valence-corrected chi connectivity index (χ1v) is 9.10. The van der Waals surface area contributed by atoms with Crippen LogP contribution in [0.15, 0.2) is 42.5 Å². The fraction of sp³-hybridized carbons (Fsp3) is 0.350. The van der Waals surface area contributed by atoms with Gasteiger partial charge in [-0.25, -0.2) is 0 Å². The average Bonchev–Trinajstić information content (AvgIpc) is 3.36. The molecule has 3 heterocycles. The zero-order chi connectivity index (χ0) is 17.7. The Labute approximate surface area is 163 Å². The Kier molecular flexibility index (Phi) is 4.61. The number of hydrogen-bond acceptors (Lipinski definition) is 4. The number of hydrogen-bond donors (Lipinski definition) is 2. The molecule has 2 fully saturated rings. The van der Waals surface area contributed by atoms with Crippen LogP contribution in [0.5, 0.6) is 0 Å². The molecule has 2 aliphatic heterocycles. The van der Waals surface area contributed by atoms with Gasteiger partial charge in [0.05, 0.1) is 6.04 Å². The molecule has 1 amide bonds. The number of amides is 1. The van der Waals surface area contributed by atoms with Crippen molar-refractivity contribution in [1.82, 2.24) is 25.6 Å². The first-order chi connectivity index (χ1) is 12.7. The van der Waals surface area contributed by atoms with E-state index in [1.165, 1.54) is 11.1 Å². The van der Waals surface area contributed by atoms with E-state index < -0.39 is 0 Å². The maximum Gasteiger partial charge on any atom is 0.254 e. The lowest BCUT2D eigenvalue weighted by Crippen LogP contribution is -2.35. The third-order valence-electron chi connectivity index (χ3n) is 5.90. The molecule has 6 nitrogen and oxygen atoms in total. The molecule has 5 rings (SSSR count). The molecule has 27 heavy (non-hydrogen) atoms. The van der Waals surface area contributed by atoms with Crippen molar-refractivity contribution in [2.24, 2.45) is 11.8 Å². The van der Waals surface area contributed by atoms with Gasteiger partial charge in [0.25, 0.3) is 5.91 Å². The number of aromatic amines is 1. The molecule has 140 valence electrons. The van der Waals surface area contributed by atoms with Gasteiger partial charge in [-0.05, 0) is 42.2 Å². The topological polar surface area (TPSA) is 73.9 Å². The number of rotatable bonds is 2. The summed E-state index contributed by atoms with van der Waals surface area (Å²) in [5, 5.41) is 14.3. The molecule has 0 unspecified atom stereocenters. The molecular weight excluding hydrogens is 362 g/mol. The second-order valence-electron chi connectivity index (χ2n) is 7.37. The van der Waals surface area contributed by atoms with E-state index in [0.29, 0.717) is 17.4 Å². The second kappa shape index (κ2) is 6.94. The summed E-state index contributed by atoms with van der Waals surface area (Å²) in [6.45, 7) is 4.89. The zero-order valence-electron chi connectivity index (χ0n) is 15.1. The minimum Gasteiger partial charge on any atom is -0.331 e. The number of H-pyrrole nitrogens is 1. The van der Waals surface area contributed by atoms with Gasteiger partial charge in [0.15, 0.2) is 0 Å². The van der Waals surface area contributed by atoms with Gasteiger partial charge in [-0.1, -0.05) is 24.3 Å². The average molecular weight is 384 g/mol. The van der Waals surface area contributed by atoms with Crippen molar-refractivity contribution in [3.05, 3.63) is 59.2 Å². The van der Waals surface area contributed by atoms with Crippen LogP contribution in [-0.4, -0.2) is 45.9 Å². The first-order valence-electron chi connectivity index (χ1n) is 9.10. The van der Waals surface area contributed by atoms with Crippen LogP contribution >= 0.6 is 12.4 Å². The van der Waals surface area contributed by atoms with Crippen molar-refractivity contribution in [3.8, 4) is 0 Å². The van der Waals surface area contributed by atoms with Gasteiger partial charge in [0.2, 0.25) is 0 Å². The third kappa shape index (κ3) is 2.89. The predicted octanol–water partition coefficient (Wildman–Crippen LogP) is 2.72. The van der Waals surface area contributed by atoms with Gasteiger partial charge in [0, 0.05) is 31.1 Å². The molecule has 0 spiro atoms. The van der Waals surface area contributed by atoms with Gasteiger partial charge < -0.3 is 10.2 Å². The fourth-order valence-corrected chi connectivity index (χ4v) is 4.59. The molecule has 2 aromatic carbocycles. The lowest BCUT2D eigenvalue weighted by molar-refractivity contribution is 0.0714. The summed E-state index contributed by atoms with van der Waals surface area (Å²) in [5.41, 5.74) is 4.69. The van der Waals surface area contributed by atoms with Crippen LogP contribution in [-0.2, 0) is 0 Å². The number of aryl methyl sites for hydroxylation is 1. The van der Waals surface area contributed by atoms with Gasteiger partial charge in [-0.2, -0.15) is 15.4 Å². The fourth-order valence-electron chi connectivity index (χ4n) is 4.59. The Balaban J connectivity index is 0.00000180. The molecule has 7 heteroatoms. The number of nitrogens with zero attached hydrogens (tertiary/aromatic N) is 3. The van der Waals surface area contributed by atoms with E-state index >= 15 is 0 Å². The molecule has 2 saturated heterocycles. The molecule has 3 aromatic rings. The molecule has 1 aromatic heterocycles. The largest absolute Gasteiger partial charge is 0.331 e. The van der Waals surface area contributed by atoms with E-state index in [2.05, 4.69) is 56.8 Å². The lowest BCUT2D eigenvalue weighted by Gasteiger charge is -2.29. The number of fused-ring (bicyclic) bond motifs is 2. The molecule has 0 radical (unpaired) electrons. The third-order valence-corrected chi connectivity index (χ3v) is 5.90. The number of likely N-dealkylation sites (tertiary alicyclic amines) is 1. The van der Waals surface area contributed by atoms with Crippen molar-refractivity contribution >= 4 is 29.3 Å². The van der Waals surface area contributed by atoms with Gasteiger partial charge in [-0.3, -0.25) is 4.79 Å². The Hall–Kier alpha value is -2.44. The van der Waals surface area contributed by atoms with E-state index in [0.717, 1.165) is 30.7 Å². The lowest BCUT2D eigenvalue weighted by atomic mass is 9.87. The van der Waals surface area contributed by atoms with Gasteiger partial charge in [0.1, 0.15) is 11.0 Å². The van der Waals surface area contributed by atoms with E-state index in [9.17, 15) is 4.79 Å². The van der Waals surface area contributed by atoms with Crippen LogP contribution in [0.25, 0.3) is 11.0 Å². The number of aromatic nitrogens is 3. The molecule has 2 aliphatic rings. The number of carbonyl (C=O) groups excluding carboxylic acids is 1. The van der Waals surface area contributed by atoms with Gasteiger partial charge >= 0.3 is 0 Å². The van der Waals surface area contributed by atoms with Crippen molar-refractivity contribution < 1.29 is 4.79 Å². The maximum atomic E-state index is 13.4. The Morgan fingerprint density at radius 2 is 1.93 bits per heavy atom. The van der Waals surface area contributed by atoms with E-state index in [4.69, 9.17) is 0 Å². The molecule has 2 N–H and O–H groups in total. The van der Waals surface area contributed by atoms with E-state index in [-0.39, 0.29) is 24.4 Å². The highest BCUT2D eigenvalue weighted by molar-refractivity contribution is 5.97. The quantitative estimate of drug-likeness (QED) is 0.713. The van der Waals surface area contributed by atoms with E-state index in [1.54, 1.807) is 0 Å². The van der Waals surface area contributed by atoms with Crippen LogP contribution in [0.4, 0.5) is 0 Å². The Bertz CT molecular complexity index is 987. The van der Waals surface area contributed by atoms with Crippen molar-refractivity contribution in [1.29, 1.82) is 0 Å². The number of carbonyl (C=O) groups is 1. The first kappa shape index (κ1) is 17.9. The van der Waals surface area contributed by atoms with Gasteiger partial charge in [-0.15, -0.1) is 12.4 Å². The van der Waals surface area contributed by atoms with Crippen LogP contribution < -0.4 is 5.32 Å². The van der Waals surface area contributed by atoms with E-state index in [1.807, 2.05) is 18.2 Å². The normalized spacial score (nSPS) is 24.0. The highest BCUT2D eigenvalue weighted by atomic mass is 35.5. The van der Waals surface area contributed by atoms with Crippen molar-refractivity contribution in [2.45, 2.75) is 13.0 Å². The van der Waals surface area contributed by atoms with Crippen LogP contribution in [0.3, 0.4) is 0 Å². The smallest absolute Gasteiger partial charge is 0.254 e. The summed E-state index contributed by atoms with van der Waals surface area (Å²) < 4.78 is 0.